The molecule has 3 aromatic carbocycles. The Kier molecular flexibility index (Phi) is 4.86. The first-order valence-electron chi connectivity index (χ1n) is 8.71. The standard InChI is InChI=1S/C23H18ClN3/c1-17-7-13-21(14-8-17)25-15-19-16-27(22-5-3-2-4-6-22)26-23(19)18-9-11-20(24)12-10-18/h2-16H,1H3. The van der Waals surface area contributed by atoms with Crippen LogP contribution in [-0.4, -0.2) is 16.0 Å². The summed E-state index contributed by atoms with van der Waals surface area (Å²) in [5.41, 5.74) is 5.94. The zero-order chi connectivity index (χ0) is 18.6. The lowest BCUT2D eigenvalue weighted by molar-refractivity contribution is 0.884. The van der Waals surface area contributed by atoms with Crippen LogP contribution in [0.25, 0.3) is 16.9 Å². The summed E-state index contributed by atoms with van der Waals surface area (Å²) in [7, 11) is 0. The second kappa shape index (κ2) is 7.60. The number of para-hydroxylation sites is 1. The van der Waals surface area contributed by atoms with Gasteiger partial charge in [0.05, 0.1) is 11.4 Å². The van der Waals surface area contributed by atoms with Crippen LogP contribution in [0.4, 0.5) is 5.69 Å². The van der Waals surface area contributed by atoms with Crippen molar-refractivity contribution in [2.75, 3.05) is 0 Å². The number of aromatic nitrogens is 2. The predicted octanol–water partition coefficient (Wildman–Crippen LogP) is 6.25. The summed E-state index contributed by atoms with van der Waals surface area (Å²) >= 11 is 6.04. The van der Waals surface area contributed by atoms with Gasteiger partial charge in [0.25, 0.3) is 0 Å². The number of hydrogen-bond acceptors (Lipinski definition) is 2. The number of aryl methyl sites for hydroxylation is 1. The van der Waals surface area contributed by atoms with E-state index < -0.39 is 0 Å². The molecule has 0 saturated heterocycles. The van der Waals surface area contributed by atoms with Crippen LogP contribution in [0.2, 0.25) is 5.02 Å². The zero-order valence-corrected chi connectivity index (χ0v) is 15.6. The van der Waals surface area contributed by atoms with Crippen LogP contribution in [0.3, 0.4) is 0 Å². The molecule has 3 nitrogen and oxygen atoms in total. The minimum absolute atomic E-state index is 0.705. The van der Waals surface area contributed by atoms with E-state index in [1.54, 1.807) is 0 Å². The molecule has 0 fully saturated rings. The summed E-state index contributed by atoms with van der Waals surface area (Å²) in [6.45, 7) is 2.07. The second-order valence-corrected chi connectivity index (χ2v) is 6.75. The van der Waals surface area contributed by atoms with Crippen LogP contribution in [0, 0.1) is 6.92 Å². The average Bonchev–Trinajstić information content (AvgIpc) is 3.13. The van der Waals surface area contributed by atoms with E-state index in [9.17, 15) is 0 Å². The smallest absolute Gasteiger partial charge is 0.101 e. The normalized spacial score (nSPS) is 11.2. The molecular formula is C23H18ClN3. The lowest BCUT2D eigenvalue weighted by Crippen LogP contribution is -1.93. The van der Waals surface area contributed by atoms with Gasteiger partial charge in [-0.2, -0.15) is 5.10 Å². The van der Waals surface area contributed by atoms with Crippen molar-refractivity contribution in [3.8, 4) is 16.9 Å². The van der Waals surface area contributed by atoms with E-state index in [1.165, 1.54) is 5.56 Å². The first-order chi connectivity index (χ1) is 13.2. The van der Waals surface area contributed by atoms with Crippen LogP contribution < -0.4 is 0 Å². The third kappa shape index (κ3) is 3.99. The summed E-state index contributed by atoms with van der Waals surface area (Å²) < 4.78 is 1.88. The van der Waals surface area contributed by atoms with Crippen molar-refractivity contribution >= 4 is 23.5 Å². The fraction of sp³-hybridized carbons (Fsp3) is 0.0435. The first-order valence-corrected chi connectivity index (χ1v) is 9.08. The van der Waals surface area contributed by atoms with E-state index in [-0.39, 0.29) is 0 Å². The van der Waals surface area contributed by atoms with Crippen LogP contribution >= 0.6 is 11.6 Å². The summed E-state index contributed by atoms with van der Waals surface area (Å²) in [5.74, 6) is 0. The van der Waals surface area contributed by atoms with Gasteiger partial charge < -0.3 is 0 Å². The van der Waals surface area contributed by atoms with Crippen LogP contribution in [-0.2, 0) is 0 Å². The molecule has 0 radical (unpaired) electrons. The van der Waals surface area contributed by atoms with Gasteiger partial charge in [-0.15, -0.1) is 0 Å². The maximum absolute atomic E-state index is 6.04. The Bertz CT molecular complexity index is 1060. The molecule has 0 N–H and O–H groups in total. The molecule has 0 amide bonds. The molecule has 1 heterocycles. The number of aliphatic imine (C=N–C) groups is 1. The molecule has 0 atom stereocenters. The maximum Gasteiger partial charge on any atom is 0.101 e. The van der Waals surface area contributed by atoms with Crippen molar-refractivity contribution in [1.82, 2.24) is 9.78 Å². The fourth-order valence-electron chi connectivity index (χ4n) is 2.80. The summed E-state index contributed by atoms with van der Waals surface area (Å²) in [4.78, 5) is 4.62. The van der Waals surface area contributed by atoms with Crippen molar-refractivity contribution in [3.05, 3.63) is 101 Å². The quantitative estimate of drug-likeness (QED) is 0.390. The van der Waals surface area contributed by atoms with Gasteiger partial charge in [-0.05, 0) is 43.3 Å². The Morgan fingerprint density at radius 1 is 0.889 bits per heavy atom. The number of nitrogens with zero attached hydrogens (tertiary/aromatic N) is 3. The van der Waals surface area contributed by atoms with E-state index in [0.717, 1.165) is 28.2 Å². The van der Waals surface area contributed by atoms with Crippen LogP contribution in [0.15, 0.2) is 90.1 Å². The van der Waals surface area contributed by atoms with Crippen LogP contribution in [0.5, 0.6) is 0 Å². The van der Waals surface area contributed by atoms with Gasteiger partial charge in [0, 0.05) is 28.6 Å². The van der Waals surface area contributed by atoms with Crippen molar-refractivity contribution in [2.45, 2.75) is 6.92 Å². The SMILES string of the molecule is Cc1ccc(N=Cc2cn(-c3ccccc3)nc2-c2ccc(Cl)cc2)cc1. The topological polar surface area (TPSA) is 30.2 Å². The number of halogens is 1. The largest absolute Gasteiger partial charge is 0.256 e. The third-order valence-corrected chi connectivity index (χ3v) is 4.52. The van der Waals surface area contributed by atoms with E-state index in [4.69, 9.17) is 16.7 Å². The first kappa shape index (κ1) is 17.3. The van der Waals surface area contributed by atoms with Gasteiger partial charge in [0.2, 0.25) is 0 Å². The molecule has 0 aliphatic carbocycles. The van der Waals surface area contributed by atoms with E-state index in [1.807, 2.05) is 83.8 Å². The number of benzene rings is 3. The molecular weight excluding hydrogens is 354 g/mol. The van der Waals surface area contributed by atoms with Crippen molar-refractivity contribution < 1.29 is 0 Å². The fourth-order valence-corrected chi connectivity index (χ4v) is 2.93. The molecule has 0 unspecified atom stereocenters. The van der Waals surface area contributed by atoms with E-state index in [2.05, 4.69) is 24.0 Å². The highest BCUT2D eigenvalue weighted by molar-refractivity contribution is 6.30. The molecule has 0 aliphatic heterocycles. The average molecular weight is 372 g/mol. The predicted molar refractivity (Wildman–Crippen MR) is 112 cm³/mol. The number of hydrogen-bond donors (Lipinski definition) is 0. The van der Waals surface area contributed by atoms with Crippen LogP contribution in [0.1, 0.15) is 11.1 Å². The second-order valence-electron chi connectivity index (χ2n) is 6.31. The Morgan fingerprint density at radius 2 is 1.59 bits per heavy atom. The lowest BCUT2D eigenvalue weighted by atomic mass is 10.1. The third-order valence-electron chi connectivity index (χ3n) is 4.27. The zero-order valence-electron chi connectivity index (χ0n) is 14.9. The summed E-state index contributed by atoms with van der Waals surface area (Å²) in [6.07, 6.45) is 3.86. The highest BCUT2D eigenvalue weighted by atomic mass is 35.5. The van der Waals surface area contributed by atoms with E-state index in [0.29, 0.717) is 5.02 Å². The Labute approximate surface area is 163 Å². The van der Waals surface area contributed by atoms with Gasteiger partial charge >= 0.3 is 0 Å². The Hall–Kier alpha value is -3.17. The molecule has 4 rings (SSSR count). The van der Waals surface area contributed by atoms with Crippen molar-refractivity contribution in [3.63, 3.8) is 0 Å². The minimum atomic E-state index is 0.705. The summed E-state index contributed by atoms with van der Waals surface area (Å²) in [5, 5.41) is 5.49. The molecule has 0 saturated carbocycles. The highest BCUT2D eigenvalue weighted by Crippen LogP contribution is 2.25. The molecule has 27 heavy (non-hydrogen) atoms. The molecule has 132 valence electrons. The summed E-state index contributed by atoms with van der Waals surface area (Å²) in [6, 6.07) is 25.9. The van der Waals surface area contributed by atoms with Crippen molar-refractivity contribution in [2.24, 2.45) is 4.99 Å². The van der Waals surface area contributed by atoms with E-state index >= 15 is 0 Å². The molecule has 0 spiro atoms. The molecule has 0 bridgehead atoms. The molecule has 0 aliphatic rings. The number of rotatable bonds is 4. The molecule has 4 heteroatoms. The Morgan fingerprint density at radius 3 is 2.30 bits per heavy atom. The highest BCUT2D eigenvalue weighted by Gasteiger charge is 2.11. The van der Waals surface area contributed by atoms with Gasteiger partial charge in [-0.25, -0.2) is 4.68 Å². The minimum Gasteiger partial charge on any atom is -0.256 e. The van der Waals surface area contributed by atoms with Gasteiger partial charge in [-0.1, -0.05) is 59.6 Å². The monoisotopic (exact) mass is 371 g/mol. The molecule has 4 aromatic rings. The lowest BCUT2D eigenvalue weighted by Gasteiger charge is -2.00. The van der Waals surface area contributed by atoms with Crippen molar-refractivity contribution in [1.29, 1.82) is 0 Å². The van der Waals surface area contributed by atoms with Gasteiger partial charge in [0.1, 0.15) is 5.69 Å². The molecule has 1 aromatic heterocycles. The van der Waals surface area contributed by atoms with Gasteiger partial charge in [0.15, 0.2) is 0 Å². The maximum atomic E-state index is 6.04. The Balaban J connectivity index is 1.77. The van der Waals surface area contributed by atoms with Gasteiger partial charge in [-0.3, -0.25) is 4.99 Å².